The van der Waals surface area contributed by atoms with Crippen molar-refractivity contribution in [2.24, 2.45) is 0 Å². The third-order valence-electron chi connectivity index (χ3n) is 3.67. The number of nitrogens with zero attached hydrogens (tertiary/aromatic N) is 2. The van der Waals surface area contributed by atoms with E-state index in [4.69, 9.17) is 4.42 Å². The van der Waals surface area contributed by atoms with E-state index in [9.17, 15) is 4.79 Å². The molecule has 0 saturated carbocycles. The van der Waals surface area contributed by atoms with E-state index in [1.54, 1.807) is 6.33 Å². The number of hydrogen-bond acceptors (Lipinski definition) is 3. The number of imidazole rings is 1. The van der Waals surface area contributed by atoms with Crippen LogP contribution in [0.25, 0.3) is 11.0 Å². The van der Waals surface area contributed by atoms with Gasteiger partial charge in [-0.25, -0.2) is 4.98 Å². The molecular formula is C17H19N3O2. The summed E-state index contributed by atoms with van der Waals surface area (Å²) in [6, 6.07) is 11.6. The van der Waals surface area contributed by atoms with Crippen molar-refractivity contribution < 1.29 is 9.21 Å². The Morgan fingerprint density at radius 1 is 1.32 bits per heavy atom. The molecule has 0 aliphatic heterocycles. The first-order chi connectivity index (χ1) is 10.6. The number of nitrogens with one attached hydrogen (secondary N) is 1. The first-order valence-corrected chi connectivity index (χ1v) is 7.39. The number of aromatic nitrogens is 2. The van der Waals surface area contributed by atoms with Gasteiger partial charge in [0, 0.05) is 13.0 Å². The summed E-state index contributed by atoms with van der Waals surface area (Å²) in [7, 11) is 0. The van der Waals surface area contributed by atoms with Crippen LogP contribution in [-0.2, 0) is 11.3 Å². The van der Waals surface area contributed by atoms with E-state index in [1.165, 1.54) is 0 Å². The van der Waals surface area contributed by atoms with E-state index >= 15 is 0 Å². The number of rotatable bonds is 5. The molecule has 1 unspecified atom stereocenters. The van der Waals surface area contributed by atoms with Crippen molar-refractivity contribution in [1.82, 2.24) is 14.9 Å². The molecule has 0 bridgehead atoms. The number of carbonyl (C=O) groups is 1. The van der Waals surface area contributed by atoms with Crippen LogP contribution in [0.4, 0.5) is 0 Å². The molecule has 2 heterocycles. The van der Waals surface area contributed by atoms with Crippen LogP contribution in [0.1, 0.15) is 30.9 Å². The molecule has 3 rings (SSSR count). The molecule has 2 aromatic heterocycles. The van der Waals surface area contributed by atoms with Gasteiger partial charge in [-0.2, -0.15) is 0 Å². The third kappa shape index (κ3) is 3.03. The number of para-hydroxylation sites is 2. The maximum atomic E-state index is 12.1. The summed E-state index contributed by atoms with van der Waals surface area (Å²) in [4.78, 5) is 16.4. The Morgan fingerprint density at radius 3 is 2.91 bits per heavy atom. The molecule has 5 heteroatoms. The van der Waals surface area contributed by atoms with Crippen LogP contribution in [0.2, 0.25) is 0 Å². The fraction of sp³-hybridized carbons (Fsp3) is 0.294. The number of furan rings is 1. The molecule has 5 nitrogen and oxygen atoms in total. The van der Waals surface area contributed by atoms with E-state index in [0.29, 0.717) is 13.0 Å². The van der Waals surface area contributed by atoms with Gasteiger partial charge >= 0.3 is 0 Å². The average molecular weight is 297 g/mol. The highest BCUT2D eigenvalue weighted by atomic mass is 16.3. The summed E-state index contributed by atoms with van der Waals surface area (Å²) in [6.45, 7) is 4.42. The minimum Gasteiger partial charge on any atom is -0.464 e. The molecule has 0 saturated heterocycles. The van der Waals surface area contributed by atoms with Gasteiger partial charge in [-0.1, -0.05) is 12.1 Å². The highest BCUT2D eigenvalue weighted by molar-refractivity contribution is 5.77. The van der Waals surface area contributed by atoms with E-state index in [1.807, 2.05) is 54.8 Å². The predicted molar refractivity (Wildman–Crippen MR) is 84.4 cm³/mol. The lowest BCUT2D eigenvalue weighted by Crippen LogP contribution is -2.27. The normalized spacial score (nSPS) is 12.5. The smallest absolute Gasteiger partial charge is 0.222 e. The molecule has 0 radical (unpaired) electrons. The van der Waals surface area contributed by atoms with E-state index in [0.717, 1.165) is 22.6 Å². The Kier molecular flexibility index (Phi) is 3.96. The Bertz CT molecular complexity index is 788. The fourth-order valence-electron chi connectivity index (χ4n) is 2.48. The number of amides is 1. The van der Waals surface area contributed by atoms with Crippen molar-refractivity contribution in [1.29, 1.82) is 0 Å². The van der Waals surface area contributed by atoms with Gasteiger partial charge in [-0.3, -0.25) is 4.79 Å². The summed E-state index contributed by atoms with van der Waals surface area (Å²) < 4.78 is 7.52. The van der Waals surface area contributed by atoms with Crippen molar-refractivity contribution >= 4 is 16.9 Å². The maximum Gasteiger partial charge on any atom is 0.222 e. The van der Waals surface area contributed by atoms with Crippen LogP contribution >= 0.6 is 0 Å². The first kappa shape index (κ1) is 14.4. The number of fused-ring (bicyclic) bond motifs is 1. The Labute approximate surface area is 129 Å². The minimum atomic E-state index is -0.124. The molecule has 0 aliphatic carbocycles. The second-order valence-corrected chi connectivity index (χ2v) is 5.41. The molecule has 0 aliphatic rings. The van der Waals surface area contributed by atoms with Gasteiger partial charge in [-0.05, 0) is 38.1 Å². The molecular weight excluding hydrogens is 278 g/mol. The lowest BCUT2D eigenvalue weighted by Gasteiger charge is -2.12. The summed E-state index contributed by atoms with van der Waals surface area (Å²) >= 11 is 0. The zero-order chi connectivity index (χ0) is 15.5. The molecule has 1 aromatic carbocycles. The zero-order valence-electron chi connectivity index (χ0n) is 12.7. The number of benzene rings is 1. The van der Waals surface area contributed by atoms with Gasteiger partial charge in [0.1, 0.15) is 11.5 Å². The zero-order valence-corrected chi connectivity index (χ0v) is 12.7. The summed E-state index contributed by atoms with van der Waals surface area (Å²) in [5.41, 5.74) is 1.99. The van der Waals surface area contributed by atoms with Gasteiger partial charge < -0.3 is 14.3 Å². The SMILES string of the molecule is Cc1ccc(C(C)NC(=O)CCn2cnc3ccccc32)o1. The summed E-state index contributed by atoms with van der Waals surface area (Å²) in [5.74, 6) is 1.62. The maximum absolute atomic E-state index is 12.1. The van der Waals surface area contributed by atoms with Gasteiger partial charge in [0.2, 0.25) is 5.91 Å². The lowest BCUT2D eigenvalue weighted by molar-refractivity contribution is -0.122. The second-order valence-electron chi connectivity index (χ2n) is 5.41. The average Bonchev–Trinajstić information content (AvgIpc) is 3.11. The first-order valence-electron chi connectivity index (χ1n) is 7.39. The van der Waals surface area contributed by atoms with Crippen molar-refractivity contribution in [3.05, 3.63) is 54.2 Å². The molecule has 3 aromatic rings. The monoisotopic (exact) mass is 297 g/mol. The van der Waals surface area contributed by atoms with Crippen LogP contribution in [0.3, 0.4) is 0 Å². The minimum absolute atomic E-state index is 0.000616. The molecule has 0 fully saturated rings. The van der Waals surface area contributed by atoms with Gasteiger partial charge in [-0.15, -0.1) is 0 Å². The Hall–Kier alpha value is -2.56. The topological polar surface area (TPSA) is 60.1 Å². The van der Waals surface area contributed by atoms with E-state index in [-0.39, 0.29) is 11.9 Å². The highest BCUT2D eigenvalue weighted by Gasteiger charge is 2.13. The highest BCUT2D eigenvalue weighted by Crippen LogP contribution is 2.16. The van der Waals surface area contributed by atoms with Crippen LogP contribution in [0, 0.1) is 6.92 Å². The van der Waals surface area contributed by atoms with Crippen LogP contribution in [-0.4, -0.2) is 15.5 Å². The third-order valence-corrected chi connectivity index (χ3v) is 3.67. The van der Waals surface area contributed by atoms with Gasteiger partial charge in [0.15, 0.2) is 0 Å². The number of aryl methyl sites for hydroxylation is 2. The van der Waals surface area contributed by atoms with Crippen molar-refractivity contribution in [3.8, 4) is 0 Å². The largest absolute Gasteiger partial charge is 0.464 e. The van der Waals surface area contributed by atoms with Gasteiger partial charge in [0.05, 0.1) is 23.4 Å². The van der Waals surface area contributed by atoms with Crippen molar-refractivity contribution in [3.63, 3.8) is 0 Å². The van der Waals surface area contributed by atoms with Crippen LogP contribution < -0.4 is 5.32 Å². The Morgan fingerprint density at radius 2 is 2.14 bits per heavy atom. The van der Waals surface area contributed by atoms with E-state index in [2.05, 4.69) is 10.3 Å². The second kappa shape index (κ2) is 6.05. The predicted octanol–water partition coefficient (Wildman–Crippen LogP) is 3.21. The Balaban J connectivity index is 1.58. The number of hydrogen-bond donors (Lipinski definition) is 1. The molecule has 1 amide bonds. The quantitative estimate of drug-likeness (QED) is 0.786. The molecule has 1 atom stereocenters. The van der Waals surface area contributed by atoms with Gasteiger partial charge in [0.25, 0.3) is 0 Å². The lowest BCUT2D eigenvalue weighted by atomic mass is 10.2. The van der Waals surface area contributed by atoms with E-state index < -0.39 is 0 Å². The molecule has 22 heavy (non-hydrogen) atoms. The van der Waals surface area contributed by atoms with Crippen LogP contribution in [0.15, 0.2) is 47.1 Å². The van der Waals surface area contributed by atoms with Crippen molar-refractivity contribution in [2.75, 3.05) is 0 Å². The van der Waals surface area contributed by atoms with Crippen molar-refractivity contribution in [2.45, 2.75) is 32.9 Å². The van der Waals surface area contributed by atoms with Crippen LogP contribution in [0.5, 0.6) is 0 Å². The molecule has 1 N–H and O–H groups in total. The fourth-order valence-corrected chi connectivity index (χ4v) is 2.48. The standard InChI is InChI=1S/C17H19N3O2/c1-12-7-8-16(22-12)13(2)19-17(21)9-10-20-11-18-14-5-3-4-6-15(14)20/h3-8,11,13H,9-10H2,1-2H3,(H,19,21). The summed E-state index contributed by atoms with van der Waals surface area (Å²) in [5, 5.41) is 2.95. The number of carbonyl (C=O) groups excluding carboxylic acids is 1. The summed E-state index contributed by atoms with van der Waals surface area (Å²) in [6.07, 6.45) is 2.18. The molecule has 0 spiro atoms. The molecule has 114 valence electrons.